The van der Waals surface area contributed by atoms with E-state index in [1.807, 2.05) is 42.6 Å². The zero-order valence-corrected chi connectivity index (χ0v) is 17.0. The van der Waals surface area contributed by atoms with Crippen molar-refractivity contribution in [2.75, 3.05) is 12.4 Å². The maximum Gasteiger partial charge on any atom is 0.213 e. The molecule has 3 N–H and O–H groups in total. The first-order valence-corrected chi connectivity index (χ1v) is 9.49. The Morgan fingerprint density at radius 2 is 2.03 bits per heavy atom. The molecule has 1 aromatic carbocycles. The zero-order chi connectivity index (χ0) is 20.6. The Morgan fingerprint density at radius 1 is 1.21 bits per heavy atom. The number of rotatable bonds is 5. The van der Waals surface area contributed by atoms with Crippen LogP contribution in [0.5, 0.6) is 11.8 Å². The Morgan fingerprint density at radius 3 is 2.76 bits per heavy atom. The molecule has 0 saturated heterocycles. The zero-order valence-electron chi connectivity index (χ0n) is 17.0. The summed E-state index contributed by atoms with van der Waals surface area (Å²) in [7, 11) is 1.60. The number of fused-ring (bicyclic) bond motifs is 1. The summed E-state index contributed by atoms with van der Waals surface area (Å²) in [6, 6.07) is 11.7. The summed E-state index contributed by atoms with van der Waals surface area (Å²) in [5, 5.41) is 23.5. The highest BCUT2D eigenvalue weighted by molar-refractivity contribution is 5.99. The number of nitrogens with zero attached hydrogens (tertiary/aromatic N) is 3. The average molecular weight is 391 g/mol. The van der Waals surface area contributed by atoms with Crippen LogP contribution in [-0.4, -0.2) is 32.0 Å². The molecule has 0 aliphatic heterocycles. The first-order chi connectivity index (χ1) is 13.9. The number of benzene rings is 1. The van der Waals surface area contributed by atoms with Gasteiger partial charge in [0, 0.05) is 53.3 Å². The van der Waals surface area contributed by atoms with E-state index in [4.69, 9.17) is 4.74 Å². The van der Waals surface area contributed by atoms with Gasteiger partial charge in [-0.05, 0) is 17.7 Å². The van der Waals surface area contributed by atoms with Crippen molar-refractivity contribution in [3.8, 4) is 17.6 Å². The van der Waals surface area contributed by atoms with E-state index in [2.05, 4.69) is 41.3 Å². The Hall–Kier alpha value is -3.48. The number of aromatic amines is 1. The summed E-state index contributed by atoms with van der Waals surface area (Å²) < 4.78 is 6.89. The summed E-state index contributed by atoms with van der Waals surface area (Å²) in [4.78, 5) is 4.13. The second kappa shape index (κ2) is 7.16. The quantitative estimate of drug-likeness (QED) is 0.470. The number of methoxy groups -OCH3 is 1. The highest BCUT2D eigenvalue weighted by Gasteiger charge is 2.20. The molecule has 4 aromatic rings. The van der Waals surface area contributed by atoms with E-state index < -0.39 is 0 Å². The summed E-state index contributed by atoms with van der Waals surface area (Å²) in [6.45, 7) is 6.94. The summed E-state index contributed by atoms with van der Waals surface area (Å²) in [5.41, 5.74) is 2.84. The van der Waals surface area contributed by atoms with E-state index in [1.54, 1.807) is 17.9 Å². The molecule has 0 bridgehead atoms. The maximum absolute atomic E-state index is 11.0. The molecule has 3 aromatic heterocycles. The standard InChI is InChI=1S/C22H25N5O2/c1-22(2,3)17-11-18(26-25-17)27-13-15-6-5-7-16(20(15)21(27)28)24-12-14-8-9-23-19(10-14)29-4/h5-11,13,24,28H,12H2,1-4H3,(H,25,26). The van der Waals surface area contributed by atoms with Gasteiger partial charge in [-0.2, -0.15) is 5.10 Å². The number of aromatic hydroxyl groups is 1. The lowest BCUT2D eigenvalue weighted by atomic mass is 9.92. The van der Waals surface area contributed by atoms with Gasteiger partial charge in [-0.15, -0.1) is 0 Å². The molecule has 4 rings (SSSR count). The Labute approximate surface area is 169 Å². The lowest BCUT2D eigenvalue weighted by Gasteiger charge is -2.14. The molecule has 29 heavy (non-hydrogen) atoms. The van der Waals surface area contributed by atoms with Gasteiger partial charge in [0.05, 0.1) is 12.5 Å². The lowest BCUT2D eigenvalue weighted by molar-refractivity contribution is 0.397. The van der Waals surface area contributed by atoms with Gasteiger partial charge in [0.15, 0.2) is 5.82 Å². The van der Waals surface area contributed by atoms with E-state index in [-0.39, 0.29) is 11.3 Å². The molecule has 0 atom stereocenters. The van der Waals surface area contributed by atoms with Crippen LogP contribution in [0.4, 0.5) is 5.69 Å². The van der Waals surface area contributed by atoms with Gasteiger partial charge in [0.1, 0.15) is 0 Å². The molecule has 7 heteroatoms. The van der Waals surface area contributed by atoms with Crippen molar-refractivity contribution in [3.05, 3.63) is 60.0 Å². The second-order valence-corrected chi connectivity index (χ2v) is 8.04. The molecular formula is C22H25N5O2. The van der Waals surface area contributed by atoms with Crippen LogP contribution in [0, 0.1) is 0 Å². The lowest BCUT2D eigenvalue weighted by Crippen LogP contribution is -2.11. The van der Waals surface area contributed by atoms with Crippen LogP contribution in [0.25, 0.3) is 16.6 Å². The molecule has 3 heterocycles. The number of ether oxygens (including phenoxy) is 1. The van der Waals surface area contributed by atoms with Crippen molar-refractivity contribution in [1.82, 2.24) is 19.7 Å². The fourth-order valence-electron chi connectivity index (χ4n) is 3.26. The molecule has 0 radical (unpaired) electrons. The van der Waals surface area contributed by atoms with E-state index in [9.17, 15) is 5.11 Å². The molecule has 0 aliphatic carbocycles. The molecule has 150 valence electrons. The van der Waals surface area contributed by atoms with Crippen LogP contribution in [-0.2, 0) is 12.0 Å². The monoisotopic (exact) mass is 391 g/mol. The van der Waals surface area contributed by atoms with Crippen molar-refractivity contribution in [2.24, 2.45) is 0 Å². The molecule has 0 aliphatic rings. The minimum atomic E-state index is -0.0498. The van der Waals surface area contributed by atoms with Crippen molar-refractivity contribution < 1.29 is 9.84 Å². The van der Waals surface area contributed by atoms with Crippen LogP contribution >= 0.6 is 0 Å². The Kier molecular flexibility index (Phi) is 4.66. The largest absolute Gasteiger partial charge is 0.494 e. The van der Waals surface area contributed by atoms with Gasteiger partial charge in [-0.3, -0.25) is 9.67 Å². The van der Waals surface area contributed by atoms with E-state index in [0.29, 0.717) is 18.2 Å². The van der Waals surface area contributed by atoms with Gasteiger partial charge >= 0.3 is 0 Å². The van der Waals surface area contributed by atoms with Crippen LogP contribution in [0.1, 0.15) is 32.0 Å². The highest BCUT2D eigenvalue weighted by atomic mass is 16.5. The van der Waals surface area contributed by atoms with Gasteiger partial charge in [0.25, 0.3) is 0 Å². The number of anilines is 1. The third-order valence-corrected chi connectivity index (χ3v) is 4.93. The smallest absolute Gasteiger partial charge is 0.213 e. The van der Waals surface area contributed by atoms with Gasteiger partial charge < -0.3 is 15.2 Å². The van der Waals surface area contributed by atoms with Gasteiger partial charge in [-0.1, -0.05) is 32.9 Å². The molecule has 7 nitrogen and oxygen atoms in total. The van der Waals surface area contributed by atoms with Crippen molar-refractivity contribution in [3.63, 3.8) is 0 Å². The number of H-pyrrole nitrogens is 1. The maximum atomic E-state index is 11.0. The van der Waals surface area contributed by atoms with Crippen LogP contribution in [0.15, 0.2) is 48.8 Å². The number of aromatic nitrogens is 4. The molecule has 0 unspecified atom stereocenters. The first-order valence-electron chi connectivity index (χ1n) is 9.49. The summed E-state index contributed by atoms with van der Waals surface area (Å²) in [5.74, 6) is 1.39. The van der Waals surface area contributed by atoms with E-state index in [0.717, 1.165) is 27.7 Å². The molecule has 0 spiro atoms. The third kappa shape index (κ3) is 3.63. The number of pyridine rings is 1. The Balaban J connectivity index is 1.67. The minimum Gasteiger partial charge on any atom is -0.494 e. The van der Waals surface area contributed by atoms with Gasteiger partial charge in [-0.25, -0.2) is 4.98 Å². The fourth-order valence-corrected chi connectivity index (χ4v) is 3.26. The van der Waals surface area contributed by atoms with E-state index >= 15 is 0 Å². The Bertz CT molecular complexity index is 1150. The number of hydrogen-bond acceptors (Lipinski definition) is 5. The van der Waals surface area contributed by atoms with Crippen LogP contribution < -0.4 is 10.1 Å². The summed E-state index contributed by atoms with van der Waals surface area (Å²) >= 11 is 0. The number of nitrogens with one attached hydrogen (secondary N) is 2. The van der Waals surface area contributed by atoms with E-state index in [1.165, 1.54) is 0 Å². The van der Waals surface area contributed by atoms with Gasteiger partial charge in [0.2, 0.25) is 11.8 Å². The minimum absolute atomic E-state index is 0.0498. The summed E-state index contributed by atoms with van der Waals surface area (Å²) in [6.07, 6.45) is 3.61. The molecule has 0 saturated carbocycles. The van der Waals surface area contributed by atoms with Crippen LogP contribution in [0.3, 0.4) is 0 Å². The van der Waals surface area contributed by atoms with Crippen molar-refractivity contribution in [2.45, 2.75) is 32.7 Å². The topological polar surface area (TPSA) is 88.0 Å². The predicted molar refractivity (Wildman–Crippen MR) is 114 cm³/mol. The second-order valence-electron chi connectivity index (χ2n) is 8.04. The molecule has 0 fully saturated rings. The number of hydrogen-bond donors (Lipinski definition) is 3. The predicted octanol–water partition coefficient (Wildman–Crippen LogP) is 4.37. The van der Waals surface area contributed by atoms with Crippen molar-refractivity contribution in [1.29, 1.82) is 0 Å². The fraction of sp³-hybridized carbons (Fsp3) is 0.273. The first kappa shape index (κ1) is 18.9. The SMILES string of the molecule is COc1cc(CNc2cccc3cn(-c4cc(C(C)(C)C)[nH]n4)c(O)c23)ccn1. The van der Waals surface area contributed by atoms with Crippen LogP contribution in [0.2, 0.25) is 0 Å². The normalized spacial score (nSPS) is 11.7. The average Bonchev–Trinajstić information content (AvgIpc) is 3.32. The molecule has 0 amide bonds. The van der Waals surface area contributed by atoms with Crippen molar-refractivity contribution >= 4 is 16.5 Å². The third-order valence-electron chi connectivity index (χ3n) is 4.93. The highest BCUT2D eigenvalue weighted by Crippen LogP contribution is 2.36. The molecular weight excluding hydrogens is 366 g/mol.